The number of carbonyl (C=O) groups is 1. The van der Waals surface area contributed by atoms with E-state index in [-0.39, 0.29) is 11.8 Å². The highest BCUT2D eigenvalue weighted by Crippen LogP contribution is 2.35. The zero-order chi connectivity index (χ0) is 22.3. The Morgan fingerprint density at radius 3 is 2.19 bits per heavy atom. The summed E-state index contributed by atoms with van der Waals surface area (Å²) in [5, 5.41) is 5.42. The van der Waals surface area contributed by atoms with Crippen LogP contribution in [-0.4, -0.2) is 25.1 Å². The summed E-state index contributed by atoms with van der Waals surface area (Å²) in [6, 6.07) is 25.7. The van der Waals surface area contributed by atoms with Crippen LogP contribution in [0, 0.1) is 0 Å². The number of nitrogens with zero attached hydrogens (tertiary/aromatic N) is 1. The molecule has 0 atom stereocenters. The third kappa shape index (κ3) is 4.98. The van der Waals surface area contributed by atoms with Crippen LogP contribution in [0.3, 0.4) is 0 Å². The lowest BCUT2D eigenvalue weighted by Gasteiger charge is -2.17. The number of benzene rings is 3. The first-order valence-corrected chi connectivity index (χ1v) is 11.1. The molecule has 0 aliphatic rings. The van der Waals surface area contributed by atoms with Crippen LogP contribution in [0.5, 0.6) is 11.5 Å². The Labute approximate surface area is 191 Å². The Balaban J connectivity index is 1.53. The van der Waals surface area contributed by atoms with Crippen LogP contribution in [0.1, 0.15) is 23.5 Å². The van der Waals surface area contributed by atoms with Crippen LogP contribution in [0.15, 0.2) is 84.2 Å². The molecule has 1 heterocycles. The molecule has 0 radical (unpaired) electrons. The van der Waals surface area contributed by atoms with Gasteiger partial charge in [-0.25, -0.2) is 4.98 Å². The Bertz CT molecular complexity index is 1140. The van der Waals surface area contributed by atoms with E-state index in [0.717, 1.165) is 22.4 Å². The molecule has 162 valence electrons. The third-order valence-corrected chi connectivity index (χ3v) is 5.98. The van der Waals surface area contributed by atoms with Crippen molar-refractivity contribution < 1.29 is 14.3 Å². The number of hydrogen-bond acceptors (Lipinski definition) is 5. The van der Waals surface area contributed by atoms with Crippen molar-refractivity contribution in [3.05, 3.63) is 95.4 Å². The van der Waals surface area contributed by atoms with E-state index in [1.807, 2.05) is 60.0 Å². The second-order valence-electron chi connectivity index (χ2n) is 7.23. The number of methoxy groups -OCH3 is 2. The third-order valence-electron chi connectivity index (χ3n) is 5.23. The summed E-state index contributed by atoms with van der Waals surface area (Å²) in [6.07, 6.45) is 0.325. The number of anilines is 1. The molecule has 0 aliphatic heterocycles. The van der Waals surface area contributed by atoms with E-state index >= 15 is 0 Å². The lowest BCUT2D eigenvalue weighted by atomic mass is 9.88. The largest absolute Gasteiger partial charge is 0.497 e. The van der Waals surface area contributed by atoms with Gasteiger partial charge in [0.25, 0.3) is 0 Å². The van der Waals surface area contributed by atoms with E-state index in [1.165, 1.54) is 11.3 Å². The number of amides is 1. The summed E-state index contributed by atoms with van der Waals surface area (Å²) in [5.74, 6) is 1.30. The highest BCUT2D eigenvalue weighted by molar-refractivity contribution is 7.14. The number of aromatic nitrogens is 1. The summed E-state index contributed by atoms with van der Waals surface area (Å²) in [7, 11) is 3.24. The van der Waals surface area contributed by atoms with Crippen molar-refractivity contribution in [1.82, 2.24) is 4.98 Å². The van der Waals surface area contributed by atoms with Gasteiger partial charge in [0.2, 0.25) is 5.91 Å². The summed E-state index contributed by atoms with van der Waals surface area (Å²) in [6.45, 7) is 0. The van der Waals surface area contributed by atoms with Gasteiger partial charge in [-0.1, -0.05) is 60.7 Å². The number of ether oxygens (including phenoxy) is 2. The molecule has 1 amide bonds. The molecular formula is C26H24N2O3S. The second-order valence-corrected chi connectivity index (χ2v) is 8.09. The summed E-state index contributed by atoms with van der Waals surface area (Å²) < 4.78 is 10.8. The lowest BCUT2D eigenvalue weighted by Crippen LogP contribution is -2.16. The molecule has 32 heavy (non-hydrogen) atoms. The predicted molar refractivity (Wildman–Crippen MR) is 129 cm³/mol. The molecule has 0 saturated heterocycles. The fourth-order valence-corrected chi connectivity index (χ4v) is 4.35. The van der Waals surface area contributed by atoms with E-state index in [4.69, 9.17) is 9.47 Å². The van der Waals surface area contributed by atoms with Gasteiger partial charge in [0.05, 0.1) is 19.9 Å². The Morgan fingerprint density at radius 2 is 1.59 bits per heavy atom. The van der Waals surface area contributed by atoms with E-state index in [0.29, 0.717) is 23.1 Å². The highest BCUT2D eigenvalue weighted by Gasteiger charge is 2.19. The average molecular weight is 445 g/mol. The topological polar surface area (TPSA) is 60.5 Å². The maximum Gasteiger partial charge on any atom is 0.227 e. The van der Waals surface area contributed by atoms with Crippen LogP contribution in [0.2, 0.25) is 0 Å². The molecule has 0 unspecified atom stereocenters. The van der Waals surface area contributed by atoms with Gasteiger partial charge in [-0.2, -0.15) is 0 Å². The maximum absolute atomic E-state index is 12.9. The minimum atomic E-state index is -0.0822. The summed E-state index contributed by atoms with van der Waals surface area (Å²) >= 11 is 1.38. The number of rotatable bonds is 8. The predicted octanol–water partition coefficient (Wildman–Crippen LogP) is 5.99. The van der Waals surface area contributed by atoms with Crippen molar-refractivity contribution in [2.45, 2.75) is 12.3 Å². The number of hydrogen-bond donors (Lipinski definition) is 1. The monoisotopic (exact) mass is 444 g/mol. The first-order chi connectivity index (χ1) is 15.7. The smallest absolute Gasteiger partial charge is 0.227 e. The quantitative estimate of drug-likeness (QED) is 0.363. The molecule has 0 fully saturated rings. The van der Waals surface area contributed by atoms with Gasteiger partial charge in [0.1, 0.15) is 11.5 Å². The van der Waals surface area contributed by atoms with Gasteiger partial charge in [-0.15, -0.1) is 11.3 Å². The van der Waals surface area contributed by atoms with Crippen LogP contribution in [0.4, 0.5) is 5.13 Å². The molecule has 1 aromatic heterocycles. The average Bonchev–Trinajstić information content (AvgIpc) is 3.31. The van der Waals surface area contributed by atoms with E-state index in [2.05, 4.69) is 34.6 Å². The molecule has 0 aliphatic carbocycles. The normalized spacial score (nSPS) is 10.7. The number of carbonyl (C=O) groups excluding carboxylic acids is 1. The number of nitrogens with one attached hydrogen (secondary N) is 1. The highest BCUT2D eigenvalue weighted by atomic mass is 32.1. The van der Waals surface area contributed by atoms with Gasteiger partial charge in [-0.05, 0) is 29.3 Å². The van der Waals surface area contributed by atoms with Crippen molar-refractivity contribution in [3.63, 3.8) is 0 Å². The number of thiazole rings is 1. The fraction of sp³-hybridized carbons (Fsp3) is 0.154. The molecule has 6 heteroatoms. The van der Waals surface area contributed by atoms with Crippen LogP contribution >= 0.6 is 11.3 Å². The molecule has 3 aromatic carbocycles. The summed E-state index contributed by atoms with van der Waals surface area (Å²) in [4.78, 5) is 17.6. The first kappa shape index (κ1) is 21.6. The van der Waals surface area contributed by atoms with Gasteiger partial charge >= 0.3 is 0 Å². The standard InChI is InChI=1S/C26H24N2O3S/c1-30-20-13-14-24(31-2)22(15-20)23-17-32-26(27-23)28-25(29)16-21(18-9-5-3-6-10-18)19-11-7-4-8-12-19/h3-15,17,21H,16H2,1-2H3,(H,27,28,29). The molecule has 0 spiro atoms. The van der Waals surface area contributed by atoms with Crippen molar-refractivity contribution in [1.29, 1.82) is 0 Å². The summed E-state index contributed by atoms with van der Waals surface area (Å²) in [5.41, 5.74) is 3.75. The first-order valence-electron chi connectivity index (χ1n) is 10.3. The molecule has 4 aromatic rings. The van der Waals surface area contributed by atoms with Crippen molar-refractivity contribution >= 4 is 22.4 Å². The zero-order valence-electron chi connectivity index (χ0n) is 17.9. The minimum Gasteiger partial charge on any atom is -0.497 e. The SMILES string of the molecule is COc1ccc(OC)c(-c2csc(NC(=O)CC(c3ccccc3)c3ccccc3)n2)c1. The molecule has 0 bridgehead atoms. The fourth-order valence-electron chi connectivity index (χ4n) is 3.62. The Kier molecular flexibility index (Phi) is 6.82. The van der Waals surface area contributed by atoms with Crippen LogP contribution in [-0.2, 0) is 4.79 Å². The molecule has 0 saturated carbocycles. The second kappa shape index (κ2) is 10.1. The van der Waals surface area contributed by atoms with Gasteiger partial charge in [-0.3, -0.25) is 4.79 Å². The molecule has 5 nitrogen and oxygen atoms in total. The Morgan fingerprint density at radius 1 is 0.938 bits per heavy atom. The maximum atomic E-state index is 12.9. The van der Waals surface area contributed by atoms with E-state index < -0.39 is 0 Å². The molecule has 4 rings (SSSR count). The van der Waals surface area contributed by atoms with Gasteiger partial charge < -0.3 is 14.8 Å². The van der Waals surface area contributed by atoms with Crippen molar-refractivity contribution in [2.75, 3.05) is 19.5 Å². The molecular weight excluding hydrogens is 420 g/mol. The van der Waals surface area contributed by atoms with Crippen molar-refractivity contribution in [2.24, 2.45) is 0 Å². The van der Waals surface area contributed by atoms with Gasteiger partial charge in [0.15, 0.2) is 5.13 Å². The van der Waals surface area contributed by atoms with Crippen LogP contribution < -0.4 is 14.8 Å². The van der Waals surface area contributed by atoms with Gasteiger partial charge in [0, 0.05) is 23.3 Å². The lowest BCUT2D eigenvalue weighted by molar-refractivity contribution is -0.116. The molecule has 1 N–H and O–H groups in total. The zero-order valence-corrected chi connectivity index (χ0v) is 18.8. The van der Waals surface area contributed by atoms with Crippen LogP contribution in [0.25, 0.3) is 11.3 Å². The van der Waals surface area contributed by atoms with E-state index in [1.54, 1.807) is 14.2 Å². The van der Waals surface area contributed by atoms with Crippen molar-refractivity contribution in [3.8, 4) is 22.8 Å². The Hall–Kier alpha value is -3.64. The van der Waals surface area contributed by atoms with E-state index in [9.17, 15) is 4.79 Å². The minimum absolute atomic E-state index is 0.0321.